The number of nitrogens with zero attached hydrogens (tertiary/aromatic N) is 6. The van der Waals surface area contributed by atoms with E-state index in [1.54, 1.807) is 11.3 Å². The Bertz CT molecular complexity index is 1390. The van der Waals surface area contributed by atoms with Crippen LogP contribution in [-0.4, -0.2) is 47.7 Å². The molecule has 4 aromatic rings. The van der Waals surface area contributed by atoms with E-state index in [1.165, 1.54) is 26.8 Å². The average molecular weight is 463 g/mol. The standard InChI is InChI=1S/C23H22N6O3S/c1-15-4-6-16(7-5-15)19-11-18(20-3-2-10-33-20)26-29(19)21(31)13-27-14-24-22-17(23(27)32)12-25-28(22)8-9-30/h2-7,10,12,14,19,30H,8-9,11,13H2,1H3. The van der Waals surface area contributed by atoms with Crippen LogP contribution in [0, 0.1) is 6.92 Å². The van der Waals surface area contributed by atoms with Crippen LogP contribution in [0.3, 0.4) is 0 Å². The topological polar surface area (TPSA) is 106 Å². The van der Waals surface area contributed by atoms with Crippen LogP contribution >= 0.6 is 11.3 Å². The van der Waals surface area contributed by atoms with Gasteiger partial charge in [0.25, 0.3) is 11.5 Å². The third kappa shape index (κ3) is 3.98. The second-order valence-corrected chi connectivity index (χ2v) is 8.85. The largest absolute Gasteiger partial charge is 0.394 e. The lowest BCUT2D eigenvalue weighted by Gasteiger charge is -2.22. The zero-order valence-corrected chi connectivity index (χ0v) is 18.8. The molecule has 3 aromatic heterocycles. The lowest BCUT2D eigenvalue weighted by atomic mass is 10.00. The third-order valence-electron chi connectivity index (χ3n) is 5.67. The zero-order valence-electron chi connectivity index (χ0n) is 18.0. The van der Waals surface area contributed by atoms with E-state index in [-0.39, 0.29) is 37.2 Å². The lowest BCUT2D eigenvalue weighted by Crippen LogP contribution is -2.34. The molecule has 168 valence electrons. The van der Waals surface area contributed by atoms with E-state index < -0.39 is 0 Å². The van der Waals surface area contributed by atoms with Crippen LogP contribution in [0.5, 0.6) is 0 Å². The second kappa shape index (κ2) is 8.72. The fourth-order valence-corrected chi connectivity index (χ4v) is 4.69. The molecule has 5 rings (SSSR count). The minimum Gasteiger partial charge on any atom is -0.394 e. The molecule has 0 saturated heterocycles. The van der Waals surface area contributed by atoms with Crippen LogP contribution in [0.2, 0.25) is 0 Å². The molecule has 0 spiro atoms. The van der Waals surface area contributed by atoms with Crippen molar-refractivity contribution < 1.29 is 9.90 Å². The summed E-state index contributed by atoms with van der Waals surface area (Å²) in [5, 5.41) is 21.7. The molecule has 33 heavy (non-hydrogen) atoms. The van der Waals surface area contributed by atoms with Crippen molar-refractivity contribution in [3.63, 3.8) is 0 Å². The number of carbonyl (C=O) groups is 1. The number of benzene rings is 1. The van der Waals surface area contributed by atoms with Crippen molar-refractivity contribution in [1.82, 2.24) is 24.3 Å². The van der Waals surface area contributed by atoms with Crippen molar-refractivity contribution in [3.05, 3.63) is 80.7 Å². The van der Waals surface area contributed by atoms with Gasteiger partial charge in [0.2, 0.25) is 0 Å². The molecular formula is C23H22N6O3S. The van der Waals surface area contributed by atoms with Gasteiger partial charge in [-0.05, 0) is 23.9 Å². The first-order valence-corrected chi connectivity index (χ1v) is 11.4. The molecule has 1 aliphatic rings. The first-order valence-electron chi connectivity index (χ1n) is 10.6. The minimum absolute atomic E-state index is 0.111. The maximum atomic E-state index is 13.4. The van der Waals surface area contributed by atoms with Crippen molar-refractivity contribution in [2.75, 3.05) is 6.61 Å². The summed E-state index contributed by atoms with van der Waals surface area (Å²) in [6.07, 6.45) is 3.37. The molecule has 0 aliphatic carbocycles. The minimum atomic E-state index is -0.355. The first kappa shape index (κ1) is 21.2. The molecule has 4 heterocycles. The highest BCUT2D eigenvalue weighted by Gasteiger charge is 2.33. The first-order chi connectivity index (χ1) is 16.0. The normalized spacial score (nSPS) is 15.9. The van der Waals surface area contributed by atoms with Crippen LogP contribution < -0.4 is 5.56 Å². The maximum absolute atomic E-state index is 13.4. The Balaban J connectivity index is 1.46. The van der Waals surface area contributed by atoms with Crippen LogP contribution in [-0.2, 0) is 17.9 Å². The average Bonchev–Trinajstić information content (AvgIpc) is 3.56. The van der Waals surface area contributed by atoms with Crippen molar-refractivity contribution in [2.45, 2.75) is 32.5 Å². The fourth-order valence-electron chi connectivity index (χ4n) is 3.97. The van der Waals surface area contributed by atoms with Crippen molar-refractivity contribution >= 4 is 34.0 Å². The summed E-state index contributed by atoms with van der Waals surface area (Å²) in [4.78, 5) is 31.6. The number of thiophene rings is 1. The molecule has 0 fully saturated rings. The van der Waals surface area contributed by atoms with Gasteiger partial charge in [0, 0.05) is 6.42 Å². The summed E-state index contributed by atoms with van der Waals surface area (Å²) in [5.41, 5.74) is 3.02. The van der Waals surface area contributed by atoms with Gasteiger partial charge in [-0.15, -0.1) is 11.3 Å². The summed E-state index contributed by atoms with van der Waals surface area (Å²) < 4.78 is 2.74. The van der Waals surface area contributed by atoms with Crippen molar-refractivity contribution in [1.29, 1.82) is 0 Å². The molecule has 0 radical (unpaired) electrons. The highest BCUT2D eigenvalue weighted by molar-refractivity contribution is 7.12. The van der Waals surface area contributed by atoms with E-state index in [9.17, 15) is 9.59 Å². The predicted octanol–water partition coefficient (Wildman–Crippen LogP) is 2.33. The lowest BCUT2D eigenvalue weighted by molar-refractivity contribution is -0.133. The number of carbonyl (C=O) groups excluding carboxylic acids is 1. The van der Waals surface area contributed by atoms with E-state index in [4.69, 9.17) is 5.11 Å². The number of aryl methyl sites for hydroxylation is 1. The summed E-state index contributed by atoms with van der Waals surface area (Å²) in [6, 6.07) is 11.8. The molecule has 1 N–H and O–H groups in total. The number of aromatic nitrogens is 4. The van der Waals surface area contributed by atoms with Gasteiger partial charge in [0.1, 0.15) is 18.3 Å². The van der Waals surface area contributed by atoms with Gasteiger partial charge >= 0.3 is 0 Å². The maximum Gasteiger partial charge on any atom is 0.264 e. The molecule has 1 amide bonds. The van der Waals surface area contributed by atoms with Gasteiger partial charge in [-0.3, -0.25) is 14.2 Å². The zero-order chi connectivity index (χ0) is 22.9. The summed E-state index contributed by atoms with van der Waals surface area (Å²) >= 11 is 1.59. The molecule has 1 aromatic carbocycles. The number of hydrogen-bond donors (Lipinski definition) is 1. The molecule has 1 aliphatic heterocycles. The Hall–Kier alpha value is -3.63. The molecular weight excluding hydrogens is 440 g/mol. The van der Waals surface area contributed by atoms with E-state index in [2.05, 4.69) is 15.2 Å². The van der Waals surface area contributed by atoms with Crippen molar-refractivity contribution in [3.8, 4) is 0 Å². The molecule has 9 nitrogen and oxygen atoms in total. The van der Waals surface area contributed by atoms with Crippen LogP contribution in [0.25, 0.3) is 11.0 Å². The molecule has 1 unspecified atom stereocenters. The van der Waals surface area contributed by atoms with Crippen molar-refractivity contribution in [2.24, 2.45) is 5.10 Å². The monoisotopic (exact) mass is 462 g/mol. The quantitative estimate of drug-likeness (QED) is 0.473. The van der Waals surface area contributed by atoms with Gasteiger partial charge in [-0.25, -0.2) is 14.7 Å². The Morgan fingerprint density at radius 2 is 2.06 bits per heavy atom. The fraction of sp³-hybridized carbons (Fsp3) is 0.261. The number of fused-ring (bicyclic) bond motifs is 1. The van der Waals surface area contributed by atoms with Gasteiger partial charge < -0.3 is 5.11 Å². The number of aliphatic hydroxyl groups excluding tert-OH is 1. The number of amides is 1. The number of aliphatic hydroxyl groups is 1. The molecule has 0 saturated carbocycles. The predicted molar refractivity (Wildman–Crippen MR) is 125 cm³/mol. The van der Waals surface area contributed by atoms with Gasteiger partial charge in [0.05, 0.1) is 36.0 Å². The second-order valence-electron chi connectivity index (χ2n) is 7.90. The summed E-state index contributed by atoms with van der Waals surface area (Å²) in [5.74, 6) is -0.293. The number of hydrazone groups is 1. The van der Waals surface area contributed by atoms with Crippen LogP contribution in [0.15, 0.2) is 64.2 Å². The molecule has 0 bridgehead atoms. The Labute approximate surface area is 193 Å². The Morgan fingerprint density at radius 3 is 2.79 bits per heavy atom. The highest BCUT2D eigenvalue weighted by atomic mass is 32.1. The molecule has 1 atom stereocenters. The molecule has 10 heteroatoms. The Kier molecular flexibility index (Phi) is 5.61. The van der Waals surface area contributed by atoms with E-state index in [0.717, 1.165) is 21.7 Å². The van der Waals surface area contributed by atoms with E-state index >= 15 is 0 Å². The van der Waals surface area contributed by atoms with E-state index in [1.807, 2.05) is 48.7 Å². The van der Waals surface area contributed by atoms with Gasteiger partial charge in [-0.2, -0.15) is 10.2 Å². The summed E-state index contributed by atoms with van der Waals surface area (Å²) in [7, 11) is 0. The number of hydrogen-bond acceptors (Lipinski definition) is 7. The summed E-state index contributed by atoms with van der Waals surface area (Å²) in [6.45, 7) is 1.97. The van der Waals surface area contributed by atoms with Crippen LogP contribution in [0.4, 0.5) is 0 Å². The van der Waals surface area contributed by atoms with Gasteiger partial charge in [-0.1, -0.05) is 35.9 Å². The van der Waals surface area contributed by atoms with E-state index in [0.29, 0.717) is 17.5 Å². The number of rotatable bonds is 6. The highest BCUT2D eigenvalue weighted by Crippen LogP contribution is 2.34. The van der Waals surface area contributed by atoms with Gasteiger partial charge in [0.15, 0.2) is 5.65 Å². The Morgan fingerprint density at radius 1 is 1.24 bits per heavy atom. The SMILES string of the molecule is Cc1ccc(C2CC(c3cccs3)=NN2C(=O)Cn2cnc3c(cnn3CCO)c2=O)cc1. The smallest absolute Gasteiger partial charge is 0.264 e. The third-order valence-corrected chi connectivity index (χ3v) is 6.59. The van der Waals surface area contributed by atoms with Crippen LogP contribution in [0.1, 0.15) is 28.5 Å².